The molecule has 40 heavy (non-hydrogen) atoms. The van der Waals surface area contributed by atoms with Gasteiger partial charge in [0, 0.05) is 18.5 Å². The van der Waals surface area contributed by atoms with E-state index in [9.17, 15) is 30.3 Å². The van der Waals surface area contributed by atoms with E-state index in [1.54, 1.807) is 0 Å². The van der Waals surface area contributed by atoms with Gasteiger partial charge in [-0.05, 0) is 23.8 Å². The second-order valence-electron chi connectivity index (χ2n) is 9.77. The molecule has 4 heterocycles. The van der Waals surface area contributed by atoms with Crippen LogP contribution in [0, 0.1) is 0 Å². The highest BCUT2D eigenvalue weighted by Crippen LogP contribution is 2.34. The number of hydrogen-bond donors (Lipinski definition) is 7. The van der Waals surface area contributed by atoms with E-state index < -0.39 is 55.3 Å². The lowest BCUT2D eigenvalue weighted by Crippen LogP contribution is -2.49. The first-order chi connectivity index (χ1) is 19.3. The zero-order chi connectivity index (χ0) is 28.0. The fourth-order valence-electron chi connectivity index (χ4n) is 5.05. The predicted octanol–water partition coefficient (Wildman–Crippen LogP) is -1.68. The number of fused-ring (bicyclic) bond motifs is 2. The van der Waals surface area contributed by atoms with Gasteiger partial charge in [-0.1, -0.05) is 6.07 Å². The van der Waals surface area contributed by atoms with E-state index >= 15 is 0 Å². The Labute approximate surface area is 226 Å². The summed E-state index contributed by atoms with van der Waals surface area (Å²) in [5.74, 6) is 1.10. The van der Waals surface area contributed by atoms with Crippen LogP contribution in [0.15, 0.2) is 42.5 Å². The minimum absolute atomic E-state index is 0.0384. The summed E-state index contributed by atoms with van der Waals surface area (Å²) in [6.07, 6.45) is -3.75. The molecule has 1 aromatic carbocycles. The van der Waals surface area contributed by atoms with Crippen LogP contribution in [0.4, 0.5) is 5.82 Å². The van der Waals surface area contributed by atoms with Crippen molar-refractivity contribution in [1.29, 1.82) is 0 Å². The summed E-state index contributed by atoms with van der Waals surface area (Å²) in [5, 5.41) is 56.2. The fourth-order valence-corrected chi connectivity index (χ4v) is 5.05. The topological polar surface area (TPSA) is 214 Å². The van der Waals surface area contributed by atoms with Gasteiger partial charge in [-0.3, -0.25) is 9.36 Å². The highest BCUT2D eigenvalue weighted by molar-refractivity contribution is 5.94. The van der Waals surface area contributed by atoms with E-state index in [1.807, 2.05) is 18.2 Å². The number of imidazole rings is 1. The maximum absolute atomic E-state index is 13.0. The van der Waals surface area contributed by atoms with Crippen LogP contribution in [0.25, 0.3) is 11.2 Å². The second-order valence-corrected chi connectivity index (χ2v) is 9.77. The maximum Gasteiger partial charge on any atom is 0.247 e. The van der Waals surface area contributed by atoms with Crippen LogP contribution in [0.2, 0.25) is 0 Å². The summed E-state index contributed by atoms with van der Waals surface area (Å²) in [4.78, 5) is 26.1. The summed E-state index contributed by atoms with van der Waals surface area (Å²) >= 11 is 0. The van der Waals surface area contributed by atoms with Crippen LogP contribution < -0.4 is 20.1 Å². The van der Waals surface area contributed by atoms with E-state index in [2.05, 4.69) is 25.6 Å². The number of carbonyl (C=O) groups excluding carboxylic acids is 1. The van der Waals surface area contributed by atoms with Crippen molar-refractivity contribution in [3.8, 4) is 11.5 Å². The summed E-state index contributed by atoms with van der Waals surface area (Å²) in [7, 11) is 0. The lowest BCUT2D eigenvalue weighted by atomic mass is 9.91. The Hall–Kier alpha value is -3.86. The number of amides is 1. The Kier molecular flexibility index (Phi) is 6.99. The molecule has 0 bridgehead atoms. The highest BCUT2D eigenvalue weighted by atomic mass is 16.7. The zero-order valence-electron chi connectivity index (χ0n) is 21.0. The number of ether oxygens (including phenoxy) is 3. The van der Waals surface area contributed by atoms with Crippen LogP contribution >= 0.6 is 0 Å². The van der Waals surface area contributed by atoms with Gasteiger partial charge in [0.2, 0.25) is 12.7 Å². The molecule has 2 aromatic heterocycles. The van der Waals surface area contributed by atoms with Gasteiger partial charge in [0.25, 0.3) is 0 Å². The zero-order valence-corrected chi connectivity index (χ0v) is 21.0. The molecule has 3 aliphatic rings. The number of rotatable bonds is 7. The maximum atomic E-state index is 13.0. The molecule has 1 aliphatic carbocycles. The van der Waals surface area contributed by atoms with Gasteiger partial charge in [0.1, 0.15) is 36.8 Å². The molecule has 6 rings (SSSR count). The number of aromatic nitrogens is 4. The van der Waals surface area contributed by atoms with Crippen molar-refractivity contribution in [2.75, 3.05) is 18.7 Å². The van der Waals surface area contributed by atoms with E-state index in [0.717, 1.165) is 11.6 Å². The fraction of sp³-hybridized carbons (Fsp3) is 0.440. The highest BCUT2D eigenvalue weighted by Gasteiger charge is 2.46. The molecule has 0 saturated carbocycles. The number of aliphatic hydroxyl groups excluding tert-OH is 5. The molecule has 3 aromatic rings. The quantitative estimate of drug-likeness (QED) is 0.173. The largest absolute Gasteiger partial charge is 0.454 e. The number of benzene rings is 1. The average molecular weight is 557 g/mol. The summed E-state index contributed by atoms with van der Waals surface area (Å²) in [6.45, 7) is 0.0681. The van der Waals surface area contributed by atoms with E-state index in [4.69, 9.17) is 14.2 Å². The van der Waals surface area contributed by atoms with Crippen molar-refractivity contribution in [3.05, 3.63) is 48.1 Å². The summed E-state index contributed by atoms with van der Waals surface area (Å²) in [6, 6.07) is 4.53. The van der Waals surface area contributed by atoms with Crippen molar-refractivity contribution in [2.45, 2.75) is 55.8 Å². The molecule has 7 N–H and O–H groups in total. The number of aliphatic hydroxyl groups is 5. The van der Waals surface area contributed by atoms with Gasteiger partial charge < -0.3 is 50.4 Å². The molecular weight excluding hydrogens is 528 g/mol. The Morgan fingerprint density at radius 1 is 1.07 bits per heavy atom. The predicted molar refractivity (Wildman–Crippen MR) is 135 cm³/mol. The van der Waals surface area contributed by atoms with Gasteiger partial charge in [-0.25, -0.2) is 15.0 Å². The first kappa shape index (κ1) is 26.4. The number of anilines is 1. The first-order valence-electron chi connectivity index (χ1n) is 12.6. The van der Waals surface area contributed by atoms with Crippen molar-refractivity contribution in [2.24, 2.45) is 0 Å². The Bertz CT molecular complexity index is 1450. The van der Waals surface area contributed by atoms with Crippen LogP contribution in [0.5, 0.6) is 11.5 Å². The Morgan fingerprint density at radius 3 is 2.70 bits per heavy atom. The molecule has 0 spiro atoms. The first-order valence-corrected chi connectivity index (χ1v) is 12.6. The number of hydrogen-bond acceptors (Lipinski definition) is 13. The van der Waals surface area contributed by atoms with Gasteiger partial charge in [0.15, 0.2) is 34.7 Å². The van der Waals surface area contributed by atoms with Crippen LogP contribution in [0.1, 0.15) is 18.2 Å². The third kappa shape index (κ3) is 4.72. The molecule has 3 unspecified atom stereocenters. The number of carbonyl (C=O) groups is 1. The van der Waals surface area contributed by atoms with Crippen LogP contribution in [-0.2, 0) is 16.1 Å². The lowest BCUT2D eigenvalue weighted by molar-refractivity contribution is -0.121. The van der Waals surface area contributed by atoms with E-state index in [1.165, 1.54) is 17.2 Å². The number of nitrogens with zero attached hydrogens (tertiary/aromatic N) is 4. The summed E-state index contributed by atoms with van der Waals surface area (Å²) in [5.41, 5.74) is 1.72. The van der Waals surface area contributed by atoms with Crippen LogP contribution in [-0.4, -0.2) is 101 Å². The van der Waals surface area contributed by atoms with Crippen molar-refractivity contribution in [3.63, 3.8) is 0 Å². The lowest BCUT2D eigenvalue weighted by Gasteiger charge is -2.29. The van der Waals surface area contributed by atoms with Gasteiger partial charge in [-0.2, -0.15) is 0 Å². The Balaban J connectivity index is 1.24. The molecule has 15 heteroatoms. The molecule has 7 atom stereocenters. The van der Waals surface area contributed by atoms with Crippen molar-refractivity contribution < 1.29 is 44.5 Å². The molecule has 15 nitrogen and oxygen atoms in total. The number of nitrogens with one attached hydrogen (secondary N) is 2. The third-order valence-corrected chi connectivity index (χ3v) is 7.21. The normalized spacial score (nSPS) is 29.4. The SMILES string of the molecule is O=C(N[C@@H]1[C@H](O)[C@@H](CO)O[C@H]1n1cnc2c(NCc3ccc4c(c3)OCO4)ncnc21)C1=CC(O)C(O)C(O)C1. The second kappa shape index (κ2) is 10.6. The van der Waals surface area contributed by atoms with Crippen molar-refractivity contribution in [1.82, 2.24) is 24.8 Å². The van der Waals surface area contributed by atoms with E-state index in [-0.39, 0.29) is 18.8 Å². The standard InChI is InChI=1S/C25H28N6O9/c32-7-17-21(36)18(30-24(37)12-4-13(33)20(35)14(34)5-12)25(40-17)31-9-29-19-22(27-8-28-23(19)31)26-6-11-1-2-15-16(3-11)39-10-38-15/h1-4,8-9,13-14,17-18,20-21,25,32-36H,5-7,10H2,(H,30,37)(H,26,27,28)/t13?,14?,17-,18-,20?,21-,25-/m1/s1. The monoisotopic (exact) mass is 556 g/mol. The van der Waals surface area contributed by atoms with E-state index in [0.29, 0.717) is 35.0 Å². The molecule has 0 radical (unpaired) electrons. The van der Waals surface area contributed by atoms with Crippen molar-refractivity contribution >= 4 is 22.9 Å². The smallest absolute Gasteiger partial charge is 0.247 e. The molecular formula is C25H28N6O9. The minimum Gasteiger partial charge on any atom is -0.454 e. The van der Waals surface area contributed by atoms with Gasteiger partial charge in [0.05, 0.1) is 19.0 Å². The Morgan fingerprint density at radius 2 is 1.90 bits per heavy atom. The molecule has 212 valence electrons. The molecule has 2 aliphatic heterocycles. The van der Waals surface area contributed by atoms with Crippen LogP contribution in [0.3, 0.4) is 0 Å². The molecule has 1 fully saturated rings. The minimum atomic E-state index is -1.42. The average Bonchev–Trinajstić information content (AvgIpc) is 3.67. The summed E-state index contributed by atoms with van der Waals surface area (Å²) < 4.78 is 18.2. The third-order valence-electron chi connectivity index (χ3n) is 7.21. The van der Waals surface area contributed by atoms with Gasteiger partial charge in [-0.15, -0.1) is 0 Å². The molecule has 1 amide bonds. The molecule has 1 saturated heterocycles. The van der Waals surface area contributed by atoms with Gasteiger partial charge >= 0.3 is 0 Å².